The Balaban J connectivity index is 1.17. The molecule has 0 bridgehead atoms. The molecule has 0 amide bonds. The fourth-order valence-corrected chi connectivity index (χ4v) is 12.2. The van der Waals surface area contributed by atoms with E-state index in [-0.39, 0.29) is 0 Å². The largest absolute Gasteiger partial charge is 0.341 e. The van der Waals surface area contributed by atoms with E-state index in [9.17, 15) is 0 Å². The lowest BCUT2D eigenvalue weighted by Crippen LogP contribution is -2.41. The summed E-state index contributed by atoms with van der Waals surface area (Å²) >= 11 is 11.2. The normalized spacial score (nSPS) is 16.1. The van der Waals surface area contributed by atoms with Gasteiger partial charge < -0.3 is 9.47 Å². The number of thiophene rings is 6. The minimum atomic E-state index is -0.775. The molecule has 2 aliphatic heterocycles. The van der Waals surface area contributed by atoms with Crippen molar-refractivity contribution in [1.82, 2.24) is 0 Å². The van der Waals surface area contributed by atoms with Crippen LogP contribution in [0, 0.1) is 13.8 Å². The van der Waals surface area contributed by atoms with Gasteiger partial charge in [0.2, 0.25) is 5.79 Å². The Labute approximate surface area is 251 Å². The van der Waals surface area contributed by atoms with Gasteiger partial charge in [0.15, 0.2) is 0 Å². The first-order valence-electron chi connectivity index (χ1n) is 12.9. The standard InChI is InChI=1S/C31H24O2S6/c1-17-3-5-21(34-17)23-7-9-25(36-23)27-15-19-11-13-32-31(29(19)38-27)30-20(12-14-33-31)16-28(39-30)26-10-8-24(37-26)22-6-4-18(2)35-22/h3-10,15-16H,11-14H2,1-2H3. The molecule has 0 saturated carbocycles. The maximum atomic E-state index is 6.62. The smallest absolute Gasteiger partial charge is 0.241 e. The highest BCUT2D eigenvalue weighted by Crippen LogP contribution is 2.54. The first-order valence-corrected chi connectivity index (χ1v) is 17.8. The van der Waals surface area contributed by atoms with Crippen LogP contribution in [-0.4, -0.2) is 13.2 Å². The molecule has 6 aromatic heterocycles. The second-order valence-corrected chi connectivity index (χ2v) is 16.7. The van der Waals surface area contributed by atoms with Gasteiger partial charge in [0.25, 0.3) is 0 Å². The first-order chi connectivity index (χ1) is 19.1. The van der Waals surface area contributed by atoms with Gasteiger partial charge in [-0.2, -0.15) is 0 Å². The predicted molar refractivity (Wildman–Crippen MR) is 171 cm³/mol. The van der Waals surface area contributed by atoms with E-state index in [2.05, 4.69) is 74.5 Å². The zero-order chi connectivity index (χ0) is 26.1. The summed E-state index contributed by atoms with van der Waals surface area (Å²) in [6.07, 6.45) is 1.86. The summed E-state index contributed by atoms with van der Waals surface area (Å²) < 4.78 is 13.2. The van der Waals surface area contributed by atoms with E-state index in [4.69, 9.17) is 9.47 Å². The summed E-state index contributed by atoms with van der Waals surface area (Å²) in [7, 11) is 0. The molecule has 2 nitrogen and oxygen atoms in total. The molecule has 196 valence electrons. The van der Waals surface area contributed by atoms with E-state index in [1.165, 1.54) is 69.7 Å². The van der Waals surface area contributed by atoms with Gasteiger partial charge in [0, 0.05) is 48.8 Å². The molecule has 8 heterocycles. The van der Waals surface area contributed by atoms with Crippen molar-refractivity contribution >= 4 is 68.0 Å². The van der Waals surface area contributed by atoms with Crippen molar-refractivity contribution in [3.63, 3.8) is 0 Å². The summed E-state index contributed by atoms with van der Waals surface area (Å²) in [6.45, 7) is 5.71. The van der Waals surface area contributed by atoms with Crippen LogP contribution in [0.3, 0.4) is 0 Å². The van der Waals surface area contributed by atoms with Crippen molar-refractivity contribution in [1.29, 1.82) is 0 Å². The van der Waals surface area contributed by atoms with E-state index >= 15 is 0 Å². The average Bonchev–Trinajstić information content (AvgIpc) is 3.75. The highest BCUT2D eigenvalue weighted by Gasteiger charge is 2.48. The molecule has 0 saturated heterocycles. The van der Waals surface area contributed by atoms with Crippen LogP contribution in [0.2, 0.25) is 0 Å². The molecule has 0 unspecified atom stereocenters. The molecule has 0 aliphatic carbocycles. The summed E-state index contributed by atoms with van der Waals surface area (Å²) in [6, 6.07) is 22.8. The average molecular weight is 621 g/mol. The lowest BCUT2D eigenvalue weighted by molar-refractivity contribution is -0.225. The molecule has 0 aromatic carbocycles. The molecule has 0 radical (unpaired) electrons. The van der Waals surface area contributed by atoms with E-state index in [1.54, 1.807) is 0 Å². The molecular formula is C31H24O2S6. The van der Waals surface area contributed by atoms with Crippen LogP contribution >= 0.6 is 68.0 Å². The Hall–Kier alpha value is -1.88. The zero-order valence-electron chi connectivity index (χ0n) is 21.4. The zero-order valence-corrected chi connectivity index (χ0v) is 26.3. The Morgan fingerprint density at radius 2 is 0.872 bits per heavy atom. The van der Waals surface area contributed by atoms with Gasteiger partial charge >= 0.3 is 0 Å². The van der Waals surface area contributed by atoms with Crippen LogP contribution in [-0.2, 0) is 28.1 Å². The molecule has 1 spiro atoms. The summed E-state index contributed by atoms with van der Waals surface area (Å²) in [5.74, 6) is -0.775. The van der Waals surface area contributed by atoms with Crippen LogP contribution in [0.1, 0.15) is 30.6 Å². The van der Waals surface area contributed by atoms with Crippen molar-refractivity contribution in [2.75, 3.05) is 13.2 Å². The van der Waals surface area contributed by atoms with E-state index in [0.29, 0.717) is 13.2 Å². The molecule has 0 fully saturated rings. The second-order valence-electron chi connectivity index (χ2n) is 9.89. The first kappa shape index (κ1) is 24.9. The number of hydrogen-bond acceptors (Lipinski definition) is 8. The van der Waals surface area contributed by atoms with Gasteiger partial charge in [-0.1, -0.05) is 0 Å². The maximum Gasteiger partial charge on any atom is 0.241 e. The highest BCUT2D eigenvalue weighted by molar-refractivity contribution is 7.27. The Morgan fingerprint density at radius 1 is 0.487 bits per heavy atom. The molecule has 2 aliphatic rings. The van der Waals surface area contributed by atoms with Gasteiger partial charge in [-0.15, -0.1) is 68.0 Å². The minimum Gasteiger partial charge on any atom is -0.341 e. The molecule has 39 heavy (non-hydrogen) atoms. The van der Waals surface area contributed by atoms with Crippen molar-refractivity contribution in [2.24, 2.45) is 0 Å². The van der Waals surface area contributed by atoms with Crippen LogP contribution in [0.15, 0.2) is 60.7 Å². The fourth-order valence-electron chi connectivity index (χ4n) is 5.38. The van der Waals surface area contributed by atoms with Gasteiger partial charge in [0.05, 0.1) is 23.0 Å². The third kappa shape index (κ3) is 4.19. The third-order valence-corrected chi connectivity index (χ3v) is 14.7. The van der Waals surface area contributed by atoms with Crippen LogP contribution in [0.5, 0.6) is 0 Å². The van der Waals surface area contributed by atoms with Crippen LogP contribution < -0.4 is 0 Å². The van der Waals surface area contributed by atoms with E-state index in [0.717, 1.165) is 12.8 Å². The molecule has 0 atom stereocenters. The number of hydrogen-bond donors (Lipinski definition) is 0. The van der Waals surface area contributed by atoms with Crippen molar-refractivity contribution in [3.05, 3.63) is 91.3 Å². The van der Waals surface area contributed by atoms with Crippen LogP contribution in [0.4, 0.5) is 0 Å². The Morgan fingerprint density at radius 3 is 1.28 bits per heavy atom. The SMILES string of the molecule is Cc1ccc(-c2ccc(-c3cc4c(s3)C3(OCC4)OCCc4cc(-c5ccc(-c6ccc(C)s6)s5)sc43)s2)s1. The minimum absolute atomic E-state index is 0.681. The summed E-state index contributed by atoms with van der Waals surface area (Å²) in [5, 5.41) is 0. The van der Waals surface area contributed by atoms with Crippen molar-refractivity contribution < 1.29 is 9.47 Å². The van der Waals surface area contributed by atoms with Crippen LogP contribution in [0.25, 0.3) is 39.0 Å². The quantitative estimate of drug-likeness (QED) is 0.195. The lowest BCUT2D eigenvalue weighted by atomic mass is 9.97. The summed E-state index contributed by atoms with van der Waals surface area (Å²) in [5.41, 5.74) is 2.75. The predicted octanol–water partition coefficient (Wildman–Crippen LogP) is 10.7. The Bertz CT molecular complexity index is 1690. The topological polar surface area (TPSA) is 18.5 Å². The van der Waals surface area contributed by atoms with E-state index < -0.39 is 5.79 Å². The monoisotopic (exact) mass is 620 g/mol. The summed E-state index contributed by atoms with van der Waals surface area (Å²) in [4.78, 5) is 15.8. The second kappa shape index (κ2) is 9.60. The van der Waals surface area contributed by atoms with Gasteiger partial charge in [0.1, 0.15) is 0 Å². The number of rotatable bonds is 4. The third-order valence-electron chi connectivity index (χ3n) is 7.23. The molecule has 6 aromatic rings. The maximum absolute atomic E-state index is 6.62. The number of ether oxygens (including phenoxy) is 2. The van der Waals surface area contributed by atoms with Crippen molar-refractivity contribution in [2.45, 2.75) is 32.5 Å². The van der Waals surface area contributed by atoms with Gasteiger partial charge in [-0.05, 0) is 98.5 Å². The molecule has 8 rings (SSSR count). The fraction of sp³-hybridized carbons (Fsp3) is 0.226. The Kier molecular flexibility index (Phi) is 6.12. The van der Waals surface area contributed by atoms with E-state index in [1.807, 2.05) is 68.0 Å². The number of fused-ring (bicyclic) bond motifs is 4. The highest BCUT2D eigenvalue weighted by atomic mass is 32.1. The lowest BCUT2D eigenvalue weighted by Gasteiger charge is -2.39. The molecule has 0 N–H and O–H groups in total. The molecule has 8 heteroatoms. The van der Waals surface area contributed by atoms with Crippen molar-refractivity contribution in [3.8, 4) is 39.0 Å². The number of aryl methyl sites for hydroxylation is 2. The van der Waals surface area contributed by atoms with Gasteiger partial charge in [-0.3, -0.25) is 0 Å². The molecular weight excluding hydrogens is 597 g/mol. The van der Waals surface area contributed by atoms with Gasteiger partial charge in [-0.25, -0.2) is 0 Å².